The van der Waals surface area contributed by atoms with Crippen molar-refractivity contribution in [1.29, 1.82) is 0 Å². The van der Waals surface area contributed by atoms with Crippen LogP contribution >= 0.6 is 0 Å². The Bertz CT molecular complexity index is 892. The van der Waals surface area contributed by atoms with Gasteiger partial charge in [0.15, 0.2) is 0 Å². The maximum absolute atomic E-state index is 13.9. The van der Waals surface area contributed by atoms with Crippen molar-refractivity contribution in [2.45, 2.75) is 72.4 Å². The Morgan fingerprint density at radius 1 is 0.641 bits per heavy atom. The number of halogens is 19. The minimum Gasteiger partial charge on any atom is -0.405 e. The highest BCUT2D eigenvalue weighted by atomic mass is 19.4. The molecule has 0 saturated heterocycles. The lowest BCUT2D eigenvalue weighted by Gasteiger charge is -2.45. The molecule has 39 heavy (non-hydrogen) atoms. The number of alkyl halides is 19. The Kier molecular flexibility index (Phi) is 9.45. The number of rotatable bonds is 12. The van der Waals surface area contributed by atoms with Gasteiger partial charge in [0.05, 0.1) is 0 Å². The van der Waals surface area contributed by atoms with Gasteiger partial charge in [0.2, 0.25) is 0 Å². The lowest BCUT2D eigenvalue weighted by Crippen LogP contribution is -2.77. The van der Waals surface area contributed by atoms with Gasteiger partial charge in [0.25, 0.3) is 0 Å². The highest BCUT2D eigenvalue weighted by molar-refractivity contribution is 5.81. The average Bonchev–Trinajstić information content (AvgIpc) is 2.74. The average molecular weight is 628 g/mol. The molecule has 0 spiro atoms. The second-order valence-electron chi connectivity index (χ2n) is 7.27. The summed E-state index contributed by atoms with van der Waals surface area (Å²) < 4.78 is 260. The van der Waals surface area contributed by atoms with Crippen molar-refractivity contribution < 1.29 is 103 Å². The molecular weight excluding hydrogens is 617 g/mol. The van der Waals surface area contributed by atoms with Crippen molar-refractivity contribution in [1.82, 2.24) is 0 Å². The maximum Gasteiger partial charge on any atom is 0.438 e. The van der Waals surface area contributed by atoms with Gasteiger partial charge in [-0.15, -0.1) is 0 Å². The molecule has 0 aromatic heterocycles. The fourth-order valence-corrected chi connectivity index (χ4v) is 2.42. The second kappa shape index (κ2) is 10.0. The van der Waals surface area contributed by atoms with Crippen LogP contribution in [0.2, 0.25) is 0 Å². The van der Waals surface area contributed by atoms with E-state index >= 15 is 0 Å². The van der Waals surface area contributed by atoms with Crippen molar-refractivity contribution in [3.05, 3.63) is 12.7 Å². The van der Waals surface area contributed by atoms with Crippen LogP contribution < -0.4 is 0 Å². The van der Waals surface area contributed by atoms with Crippen LogP contribution in [0.25, 0.3) is 0 Å². The van der Waals surface area contributed by atoms with Crippen LogP contribution in [0.4, 0.5) is 83.4 Å². The lowest BCUT2D eigenvalue weighted by atomic mass is 9.83. The first-order valence-electron chi connectivity index (χ1n) is 8.94. The molecule has 0 bridgehead atoms. The number of ether oxygens (including phenoxy) is 2. The second-order valence-corrected chi connectivity index (χ2v) is 7.27. The summed E-state index contributed by atoms with van der Waals surface area (Å²) in [5, 5.41) is 9.49. The first-order valence-corrected chi connectivity index (χ1v) is 8.94. The molecule has 0 aromatic rings. The van der Waals surface area contributed by atoms with E-state index in [1.807, 2.05) is 0 Å². The molecule has 232 valence electrons. The summed E-state index contributed by atoms with van der Waals surface area (Å²) in [6, 6.07) is 0. The highest BCUT2D eigenvalue weighted by Crippen LogP contribution is 2.66. The zero-order valence-corrected chi connectivity index (χ0v) is 18.1. The highest BCUT2D eigenvalue weighted by Gasteiger charge is 2.98. The molecule has 1 atom stereocenters. The van der Waals surface area contributed by atoms with E-state index in [0.717, 1.165) is 0 Å². The van der Waals surface area contributed by atoms with Gasteiger partial charge < -0.3 is 14.6 Å². The molecule has 4 nitrogen and oxygen atoms in total. The fraction of sp³-hybridized carbons (Fsp3) is 0.812. The SMILES string of the molecule is C=CC(=O)OC(O)(CCC(F)(F)C(F)(F)C(F)(F)C(F)(F)C(F)(F)C(F)(F)C(F)(C(F)(F)F)C(F)(F)F)OC. The third-order valence-electron chi connectivity index (χ3n) is 4.75. The summed E-state index contributed by atoms with van der Waals surface area (Å²) >= 11 is 0. The molecule has 0 aliphatic rings. The van der Waals surface area contributed by atoms with Gasteiger partial charge >= 0.3 is 65.5 Å². The van der Waals surface area contributed by atoms with Crippen LogP contribution in [0, 0.1) is 0 Å². The van der Waals surface area contributed by atoms with Crippen LogP contribution in [0.5, 0.6) is 0 Å². The van der Waals surface area contributed by atoms with E-state index in [1.54, 1.807) is 0 Å². The molecule has 0 rings (SSSR count). The summed E-state index contributed by atoms with van der Waals surface area (Å²) in [4.78, 5) is 10.9. The van der Waals surface area contributed by atoms with E-state index in [-0.39, 0.29) is 13.2 Å². The molecule has 0 aliphatic carbocycles. The number of hydrogen-bond acceptors (Lipinski definition) is 4. The quantitative estimate of drug-likeness (QED) is 0.117. The molecule has 0 fully saturated rings. The topological polar surface area (TPSA) is 55.8 Å². The predicted octanol–water partition coefficient (Wildman–Crippen LogP) is 6.43. The molecular formula is C16H11F19O4. The zero-order valence-electron chi connectivity index (χ0n) is 18.1. The molecule has 1 unspecified atom stereocenters. The predicted molar refractivity (Wildman–Crippen MR) is 83.1 cm³/mol. The monoisotopic (exact) mass is 628 g/mol. The van der Waals surface area contributed by atoms with Crippen LogP contribution in [-0.4, -0.2) is 77.7 Å². The number of methoxy groups -OCH3 is 1. The van der Waals surface area contributed by atoms with Gasteiger partial charge in [-0.25, -0.2) is 9.18 Å². The standard InChI is InChI=1S/C16H11F19O4/c1-3-6(36)39-8(37,38-2)5-4-7(17,18)10(20,21)12(24,25)14(28,29)13(26,27)11(22,23)9(19,15(30,31)32)16(33,34)35/h3,37H,1,4-5H2,2H3. The molecule has 0 aromatic carbocycles. The molecule has 0 saturated carbocycles. The third-order valence-corrected chi connectivity index (χ3v) is 4.75. The minimum absolute atomic E-state index is 0.139. The smallest absolute Gasteiger partial charge is 0.405 e. The van der Waals surface area contributed by atoms with Crippen LogP contribution in [0.15, 0.2) is 12.7 Å². The summed E-state index contributed by atoms with van der Waals surface area (Å²) in [7, 11) is 0.253. The normalized spacial score (nSPS) is 17.1. The van der Waals surface area contributed by atoms with Gasteiger partial charge in [-0.2, -0.15) is 79.0 Å². The number of carbonyl (C=O) groups excluding carboxylic acids is 1. The first kappa shape index (κ1) is 36.8. The van der Waals surface area contributed by atoms with E-state index in [0.29, 0.717) is 0 Å². The van der Waals surface area contributed by atoms with E-state index in [1.165, 1.54) is 0 Å². The van der Waals surface area contributed by atoms with E-state index < -0.39 is 78.3 Å². The van der Waals surface area contributed by atoms with Crippen LogP contribution in [0.1, 0.15) is 12.8 Å². The maximum atomic E-state index is 13.9. The molecule has 23 heteroatoms. The first-order chi connectivity index (χ1) is 16.7. The van der Waals surface area contributed by atoms with Crippen molar-refractivity contribution in [2.24, 2.45) is 0 Å². The van der Waals surface area contributed by atoms with Gasteiger partial charge in [-0.1, -0.05) is 6.58 Å². The molecule has 1 N–H and O–H groups in total. The Hall–Kier alpha value is -2.20. The fourth-order valence-electron chi connectivity index (χ4n) is 2.42. The molecule has 0 heterocycles. The van der Waals surface area contributed by atoms with E-state index in [2.05, 4.69) is 16.1 Å². The lowest BCUT2D eigenvalue weighted by molar-refractivity contribution is -0.472. The van der Waals surface area contributed by atoms with E-state index in [4.69, 9.17) is 0 Å². The van der Waals surface area contributed by atoms with Crippen molar-refractivity contribution in [2.75, 3.05) is 7.11 Å². The largest absolute Gasteiger partial charge is 0.438 e. The Morgan fingerprint density at radius 3 is 1.28 bits per heavy atom. The Morgan fingerprint density at radius 2 is 0.974 bits per heavy atom. The summed E-state index contributed by atoms with van der Waals surface area (Å²) in [5.74, 6) is -56.6. The van der Waals surface area contributed by atoms with Crippen molar-refractivity contribution >= 4 is 5.97 Å². The number of hydrogen-bond donors (Lipinski definition) is 1. The number of esters is 1. The Labute approximate surface area is 202 Å². The van der Waals surface area contributed by atoms with Crippen LogP contribution in [0.3, 0.4) is 0 Å². The summed E-state index contributed by atoms with van der Waals surface area (Å²) in [6.45, 7) is 2.69. The number of aliphatic hydroxyl groups is 1. The van der Waals surface area contributed by atoms with Gasteiger partial charge in [0, 0.05) is 26.0 Å². The molecule has 0 amide bonds. The van der Waals surface area contributed by atoms with Gasteiger partial charge in [-0.05, 0) is 0 Å². The summed E-state index contributed by atoms with van der Waals surface area (Å²) in [5.41, 5.74) is -8.82. The van der Waals surface area contributed by atoms with Gasteiger partial charge in [0.1, 0.15) is 0 Å². The zero-order chi connectivity index (χ0) is 32.1. The molecule has 0 radical (unpaired) electrons. The summed E-state index contributed by atoms with van der Waals surface area (Å²) in [6.07, 6.45) is -22.1. The van der Waals surface area contributed by atoms with Crippen molar-refractivity contribution in [3.63, 3.8) is 0 Å². The van der Waals surface area contributed by atoms with E-state index in [9.17, 15) is 93.3 Å². The molecule has 0 aliphatic heterocycles. The van der Waals surface area contributed by atoms with Gasteiger partial charge in [-0.3, -0.25) is 0 Å². The number of carbonyl (C=O) groups is 1. The Balaban J connectivity index is 6.83. The third kappa shape index (κ3) is 5.43. The minimum atomic E-state index is -9.13. The van der Waals surface area contributed by atoms with Crippen LogP contribution in [-0.2, 0) is 14.3 Å². The van der Waals surface area contributed by atoms with Crippen molar-refractivity contribution in [3.8, 4) is 0 Å².